The second-order valence-electron chi connectivity index (χ2n) is 6.70. The Morgan fingerprint density at radius 1 is 1.47 bits per heavy atom. The van der Waals surface area contributed by atoms with E-state index in [1.807, 2.05) is 6.20 Å². The Balaban J connectivity index is 1.79. The molecule has 1 atom stereocenters. The first-order valence-electron chi connectivity index (χ1n) is 7.46. The van der Waals surface area contributed by atoms with Gasteiger partial charge >= 0.3 is 0 Å². The summed E-state index contributed by atoms with van der Waals surface area (Å²) in [6.45, 7) is 14.7. The molecule has 0 amide bonds. The van der Waals surface area contributed by atoms with Crippen molar-refractivity contribution in [2.45, 2.75) is 46.1 Å². The summed E-state index contributed by atoms with van der Waals surface area (Å²) < 4.78 is 0. The normalized spacial score (nSPS) is 21.2. The molecule has 1 aromatic rings. The van der Waals surface area contributed by atoms with Crippen molar-refractivity contribution in [3.8, 4) is 0 Å². The zero-order valence-corrected chi connectivity index (χ0v) is 12.8. The molecule has 2 heterocycles. The first kappa shape index (κ1) is 14.5. The molecule has 0 aliphatic carbocycles. The third-order valence-electron chi connectivity index (χ3n) is 4.03. The molecule has 0 saturated carbocycles. The van der Waals surface area contributed by atoms with E-state index >= 15 is 0 Å². The molecule has 1 fully saturated rings. The molecule has 2 rings (SSSR count). The van der Waals surface area contributed by atoms with E-state index in [9.17, 15) is 0 Å². The highest BCUT2D eigenvalue weighted by atomic mass is 15.1. The SMILES string of the molecule is CCN1CC[C@@H](CNCc2cn[nH]c2C(C)(C)C)C1. The van der Waals surface area contributed by atoms with E-state index in [0.717, 1.165) is 19.0 Å². The number of rotatable bonds is 5. The Kier molecular flexibility index (Phi) is 4.63. The van der Waals surface area contributed by atoms with Crippen molar-refractivity contribution in [3.05, 3.63) is 17.5 Å². The van der Waals surface area contributed by atoms with Crippen LogP contribution in [0.2, 0.25) is 0 Å². The molecular weight excluding hydrogens is 236 g/mol. The van der Waals surface area contributed by atoms with Gasteiger partial charge in [-0.2, -0.15) is 5.10 Å². The molecule has 0 aromatic carbocycles. The number of nitrogens with one attached hydrogen (secondary N) is 2. The molecule has 0 spiro atoms. The van der Waals surface area contributed by atoms with Gasteiger partial charge in [-0.25, -0.2) is 0 Å². The van der Waals surface area contributed by atoms with Crippen molar-refractivity contribution in [1.82, 2.24) is 20.4 Å². The summed E-state index contributed by atoms with van der Waals surface area (Å²) in [6.07, 6.45) is 3.29. The fourth-order valence-electron chi connectivity index (χ4n) is 2.87. The van der Waals surface area contributed by atoms with Crippen LogP contribution in [0.4, 0.5) is 0 Å². The quantitative estimate of drug-likeness (QED) is 0.856. The highest BCUT2D eigenvalue weighted by Crippen LogP contribution is 2.23. The van der Waals surface area contributed by atoms with Crippen LogP contribution in [0.5, 0.6) is 0 Å². The largest absolute Gasteiger partial charge is 0.312 e. The first-order chi connectivity index (χ1) is 9.00. The van der Waals surface area contributed by atoms with Crippen LogP contribution >= 0.6 is 0 Å². The highest BCUT2D eigenvalue weighted by molar-refractivity contribution is 5.23. The molecule has 1 aliphatic rings. The van der Waals surface area contributed by atoms with E-state index < -0.39 is 0 Å². The lowest BCUT2D eigenvalue weighted by Gasteiger charge is -2.19. The number of H-pyrrole nitrogens is 1. The summed E-state index contributed by atoms with van der Waals surface area (Å²) in [7, 11) is 0. The van der Waals surface area contributed by atoms with Crippen LogP contribution in [-0.2, 0) is 12.0 Å². The number of aromatic amines is 1. The minimum absolute atomic E-state index is 0.139. The summed E-state index contributed by atoms with van der Waals surface area (Å²) in [5.41, 5.74) is 2.69. The van der Waals surface area contributed by atoms with Crippen LogP contribution in [0.1, 0.15) is 45.4 Å². The molecule has 1 aliphatic heterocycles. The molecule has 0 bridgehead atoms. The second-order valence-corrected chi connectivity index (χ2v) is 6.70. The van der Waals surface area contributed by atoms with Crippen LogP contribution in [-0.4, -0.2) is 41.3 Å². The molecule has 1 aromatic heterocycles. The lowest BCUT2D eigenvalue weighted by atomic mass is 9.89. The molecule has 0 unspecified atom stereocenters. The van der Waals surface area contributed by atoms with Gasteiger partial charge in [0, 0.05) is 29.8 Å². The van der Waals surface area contributed by atoms with Crippen LogP contribution < -0.4 is 5.32 Å². The van der Waals surface area contributed by atoms with Crippen LogP contribution in [0, 0.1) is 5.92 Å². The fourth-order valence-corrected chi connectivity index (χ4v) is 2.87. The average molecular weight is 264 g/mol. The minimum atomic E-state index is 0.139. The third-order valence-corrected chi connectivity index (χ3v) is 4.03. The van der Waals surface area contributed by atoms with Crippen LogP contribution in [0.25, 0.3) is 0 Å². The molecule has 2 N–H and O–H groups in total. The fraction of sp³-hybridized carbons (Fsp3) is 0.800. The van der Waals surface area contributed by atoms with E-state index in [0.29, 0.717) is 0 Å². The standard InChI is InChI=1S/C15H28N4/c1-5-19-7-6-12(11-19)8-16-9-13-10-17-18-14(13)15(2,3)4/h10,12,16H,5-9,11H2,1-4H3,(H,17,18)/t12-/m0/s1. The summed E-state index contributed by atoms with van der Waals surface area (Å²) >= 11 is 0. The zero-order valence-electron chi connectivity index (χ0n) is 12.8. The van der Waals surface area contributed by atoms with Crippen LogP contribution in [0.15, 0.2) is 6.20 Å². The lowest BCUT2D eigenvalue weighted by Crippen LogP contribution is -2.27. The molecule has 0 radical (unpaired) electrons. The zero-order chi connectivity index (χ0) is 13.9. The van der Waals surface area contributed by atoms with Crippen molar-refractivity contribution in [2.75, 3.05) is 26.2 Å². The van der Waals surface area contributed by atoms with Gasteiger partial charge in [0.25, 0.3) is 0 Å². The van der Waals surface area contributed by atoms with Gasteiger partial charge < -0.3 is 10.2 Å². The van der Waals surface area contributed by atoms with Crippen molar-refractivity contribution < 1.29 is 0 Å². The van der Waals surface area contributed by atoms with E-state index in [-0.39, 0.29) is 5.41 Å². The van der Waals surface area contributed by atoms with Crippen molar-refractivity contribution in [1.29, 1.82) is 0 Å². The van der Waals surface area contributed by atoms with Gasteiger partial charge in [-0.3, -0.25) is 5.10 Å². The van der Waals surface area contributed by atoms with Gasteiger partial charge in [-0.15, -0.1) is 0 Å². The highest BCUT2D eigenvalue weighted by Gasteiger charge is 2.22. The third kappa shape index (κ3) is 3.80. The number of hydrogen-bond acceptors (Lipinski definition) is 3. The van der Waals surface area contributed by atoms with Gasteiger partial charge in [0.05, 0.1) is 6.20 Å². The lowest BCUT2D eigenvalue weighted by molar-refractivity contribution is 0.338. The smallest absolute Gasteiger partial charge is 0.0535 e. The maximum Gasteiger partial charge on any atom is 0.0535 e. The summed E-state index contributed by atoms with van der Waals surface area (Å²) in [5, 5.41) is 10.9. The van der Waals surface area contributed by atoms with Gasteiger partial charge in [-0.1, -0.05) is 27.7 Å². The van der Waals surface area contributed by atoms with E-state index in [1.165, 1.54) is 37.3 Å². The van der Waals surface area contributed by atoms with Gasteiger partial charge in [0.15, 0.2) is 0 Å². The first-order valence-corrected chi connectivity index (χ1v) is 7.46. The Morgan fingerprint density at radius 3 is 2.89 bits per heavy atom. The maximum absolute atomic E-state index is 4.19. The average Bonchev–Trinajstić information content (AvgIpc) is 2.96. The summed E-state index contributed by atoms with van der Waals surface area (Å²) in [6, 6.07) is 0. The molecule has 4 nitrogen and oxygen atoms in total. The van der Waals surface area contributed by atoms with E-state index in [1.54, 1.807) is 0 Å². The van der Waals surface area contributed by atoms with E-state index in [4.69, 9.17) is 0 Å². The molecule has 108 valence electrons. The minimum Gasteiger partial charge on any atom is -0.312 e. The Labute approximate surface area is 117 Å². The van der Waals surface area contributed by atoms with Gasteiger partial charge in [0.2, 0.25) is 0 Å². The molecule has 4 heteroatoms. The maximum atomic E-state index is 4.19. The predicted octanol–water partition coefficient (Wildman–Crippen LogP) is 2.14. The Morgan fingerprint density at radius 2 is 2.26 bits per heavy atom. The molecule has 19 heavy (non-hydrogen) atoms. The van der Waals surface area contributed by atoms with Crippen molar-refractivity contribution in [3.63, 3.8) is 0 Å². The summed E-state index contributed by atoms with van der Waals surface area (Å²) in [4.78, 5) is 2.53. The summed E-state index contributed by atoms with van der Waals surface area (Å²) in [5.74, 6) is 0.810. The predicted molar refractivity (Wildman–Crippen MR) is 79.2 cm³/mol. The number of aromatic nitrogens is 2. The van der Waals surface area contributed by atoms with Crippen molar-refractivity contribution in [2.24, 2.45) is 5.92 Å². The monoisotopic (exact) mass is 264 g/mol. The van der Waals surface area contributed by atoms with Crippen LogP contribution in [0.3, 0.4) is 0 Å². The number of hydrogen-bond donors (Lipinski definition) is 2. The Hall–Kier alpha value is -0.870. The molecule has 1 saturated heterocycles. The molecular formula is C15H28N4. The number of nitrogens with zero attached hydrogens (tertiary/aromatic N) is 2. The van der Waals surface area contributed by atoms with Gasteiger partial charge in [-0.05, 0) is 32.0 Å². The Bertz CT molecular complexity index is 391. The van der Waals surface area contributed by atoms with E-state index in [2.05, 4.69) is 48.1 Å². The van der Waals surface area contributed by atoms with Gasteiger partial charge in [0.1, 0.15) is 0 Å². The topological polar surface area (TPSA) is 44.0 Å². The number of likely N-dealkylation sites (tertiary alicyclic amines) is 1. The second kappa shape index (κ2) is 6.06. The van der Waals surface area contributed by atoms with Crippen molar-refractivity contribution >= 4 is 0 Å².